The molecule has 0 saturated carbocycles. The van der Waals surface area contributed by atoms with Crippen molar-refractivity contribution < 1.29 is 0 Å². The molecule has 5 heteroatoms. The summed E-state index contributed by atoms with van der Waals surface area (Å²) in [4.78, 5) is 3.84. The van der Waals surface area contributed by atoms with E-state index in [1.807, 2.05) is 0 Å². The van der Waals surface area contributed by atoms with Gasteiger partial charge in [0.05, 0.1) is 6.54 Å². The molecule has 0 saturated heterocycles. The van der Waals surface area contributed by atoms with Gasteiger partial charge in [0.25, 0.3) is 0 Å². The topological polar surface area (TPSA) is 68.8 Å². The minimum Gasteiger partial charge on any atom is -0.330 e. The van der Waals surface area contributed by atoms with Crippen LogP contribution in [0, 0.1) is 0 Å². The van der Waals surface area contributed by atoms with E-state index in [2.05, 4.69) is 15.4 Å². The van der Waals surface area contributed by atoms with Crippen molar-refractivity contribution in [1.82, 2.24) is 20.1 Å². The van der Waals surface area contributed by atoms with Crippen LogP contribution in [0.4, 0.5) is 0 Å². The van der Waals surface area contributed by atoms with Gasteiger partial charge in [-0.1, -0.05) is 0 Å². The Bertz CT molecular complexity index is 184. The second-order valence-corrected chi connectivity index (χ2v) is 2.55. The van der Waals surface area contributed by atoms with E-state index in [9.17, 15) is 0 Å². The summed E-state index contributed by atoms with van der Waals surface area (Å²) in [5, 5.41) is 7.23. The van der Waals surface area contributed by atoms with E-state index in [4.69, 9.17) is 5.73 Å². The number of nitrogens with two attached hydrogens (primary N) is 1. The first-order valence-electron chi connectivity index (χ1n) is 4.16. The predicted molar refractivity (Wildman–Crippen MR) is 46.6 cm³/mol. The lowest BCUT2D eigenvalue weighted by molar-refractivity contribution is 0.548. The molecule has 1 aromatic heterocycles. The Morgan fingerprint density at radius 1 is 1.42 bits per heavy atom. The first kappa shape index (κ1) is 9.15. The monoisotopic (exact) mass is 169 g/mol. The molecule has 0 atom stereocenters. The Labute approximate surface area is 72.0 Å². The smallest absolute Gasteiger partial charge is 0.137 e. The second kappa shape index (κ2) is 5.68. The van der Waals surface area contributed by atoms with Crippen LogP contribution in [0.3, 0.4) is 0 Å². The highest BCUT2D eigenvalue weighted by atomic mass is 15.3. The van der Waals surface area contributed by atoms with E-state index >= 15 is 0 Å². The van der Waals surface area contributed by atoms with Crippen LogP contribution in [0.5, 0.6) is 0 Å². The number of rotatable bonds is 6. The molecule has 0 bridgehead atoms. The molecule has 3 N–H and O–H groups in total. The normalized spacial score (nSPS) is 10.4. The third-order valence-corrected chi connectivity index (χ3v) is 1.54. The molecule has 1 rings (SSSR count). The van der Waals surface area contributed by atoms with Crippen molar-refractivity contribution in [3.8, 4) is 0 Å². The van der Waals surface area contributed by atoms with E-state index in [0.717, 1.165) is 32.6 Å². The van der Waals surface area contributed by atoms with Crippen molar-refractivity contribution in [1.29, 1.82) is 0 Å². The van der Waals surface area contributed by atoms with Crippen molar-refractivity contribution in [2.24, 2.45) is 5.73 Å². The highest BCUT2D eigenvalue weighted by molar-refractivity contribution is 4.57. The summed E-state index contributed by atoms with van der Waals surface area (Å²) in [6.07, 6.45) is 4.28. The number of hydrogen-bond donors (Lipinski definition) is 2. The maximum atomic E-state index is 5.34. The molecule has 0 radical (unpaired) electrons. The quantitative estimate of drug-likeness (QED) is 0.548. The first-order valence-corrected chi connectivity index (χ1v) is 4.16. The summed E-state index contributed by atoms with van der Waals surface area (Å²) >= 11 is 0. The van der Waals surface area contributed by atoms with E-state index in [0.29, 0.717) is 0 Å². The minimum atomic E-state index is 0.746. The van der Waals surface area contributed by atoms with Crippen LogP contribution in [-0.4, -0.2) is 34.4 Å². The van der Waals surface area contributed by atoms with Gasteiger partial charge in [0.15, 0.2) is 0 Å². The molecule has 1 aromatic rings. The summed E-state index contributed by atoms with van der Waals surface area (Å²) in [5.74, 6) is 0. The van der Waals surface area contributed by atoms with E-state index in [1.54, 1.807) is 17.3 Å². The second-order valence-electron chi connectivity index (χ2n) is 2.55. The van der Waals surface area contributed by atoms with Crippen molar-refractivity contribution >= 4 is 0 Å². The molecule has 5 nitrogen and oxygen atoms in total. The fourth-order valence-electron chi connectivity index (χ4n) is 0.894. The van der Waals surface area contributed by atoms with Crippen LogP contribution in [0.2, 0.25) is 0 Å². The molecular weight excluding hydrogens is 154 g/mol. The average molecular weight is 169 g/mol. The minimum absolute atomic E-state index is 0.746. The molecule has 0 unspecified atom stereocenters. The lowest BCUT2D eigenvalue weighted by Crippen LogP contribution is -2.22. The third kappa shape index (κ3) is 3.45. The molecule has 0 aliphatic carbocycles. The molecule has 1 heterocycles. The van der Waals surface area contributed by atoms with Crippen LogP contribution < -0.4 is 11.1 Å². The summed E-state index contributed by atoms with van der Waals surface area (Å²) in [6, 6.07) is 0. The number of nitrogens with one attached hydrogen (secondary N) is 1. The number of nitrogens with zero attached hydrogens (tertiary/aromatic N) is 3. The van der Waals surface area contributed by atoms with Gasteiger partial charge in [-0.3, -0.25) is 4.68 Å². The fraction of sp³-hybridized carbons (Fsp3) is 0.714. The zero-order chi connectivity index (χ0) is 8.65. The fourth-order valence-corrected chi connectivity index (χ4v) is 0.894. The summed E-state index contributed by atoms with van der Waals surface area (Å²) < 4.78 is 1.80. The highest BCUT2D eigenvalue weighted by Crippen LogP contribution is 1.78. The predicted octanol–water partition coefficient (Wildman–Crippen LogP) is -0.783. The molecule has 12 heavy (non-hydrogen) atoms. The van der Waals surface area contributed by atoms with Crippen LogP contribution in [0.1, 0.15) is 6.42 Å². The summed E-state index contributed by atoms with van der Waals surface area (Å²) in [6.45, 7) is 3.51. The standard InChI is InChI=1S/C7H15N5/c8-2-1-3-9-4-5-12-7-10-6-11-12/h6-7,9H,1-5,8H2. The SMILES string of the molecule is NCCCNCCn1cncn1. The zero-order valence-corrected chi connectivity index (χ0v) is 7.11. The van der Waals surface area contributed by atoms with Gasteiger partial charge in [-0.25, -0.2) is 4.98 Å². The largest absolute Gasteiger partial charge is 0.330 e. The maximum absolute atomic E-state index is 5.34. The first-order chi connectivity index (χ1) is 5.93. The molecule has 0 aliphatic rings. The van der Waals surface area contributed by atoms with Crippen LogP contribution in [0.15, 0.2) is 12.7 Å². The van der Waals surface area contributed by atoms with Gasteiger partial charge in [0.2, 0.25) is 0 Å². The van der Waals surface area contributed by atoms with Crippen molar-refractivity contribution in [2.75, 3.05) is 19.6 Å². The molecule has 0 amide bonds. The summed E-state index contributed by atoms with van der Waals surface area (Å²) in [7, 11) is 0. The number of hydrogen-bond acceptors (Lipinski definition) is 4. The van der Waals surface area contributed by atoms with Gasteiger partial charge >= 0.3 is 0 Å². The van der Waals surface area contributed by atoms with E-state index < -0.39 is 0 Å². The molecule has 0 aromatic carbocycles. The molecule has 68 valence electrons. The molecular formula is C7H15N5. The number of aromatic nitrogens is 3. The lowest BCUT2D eigenvalue weighted by Gasteiger charge is -2.02. The van der Waals surface area contributed by atoms with Gasteiger partial charge in [0.1, 0.15) is 12.7 Å². The van der Waals surface area contributed by atoms with Crippen molar-refractivity contribution in [2.45, 2.75) is 13.0 Å². The van der Waals surface area contributed by atoms with Crippen LogP contribution >= 0.6 is 0 Å². The van der Waals surface area contributed by atoms with Crippen molar-refractivity contribution in [3.05, 3.63) is 12.7 Å². The van der Waals surface area contributed by atoms with E-state index in [1.165, 1.54) is 0 Å². The van der Waals surface area contributed by atoms with Crippen LogP contribution in [-0.2, 0) is 6.54 Å². The summed E-state index contributed by atoms with van der Waals surface area (Å²) in [5.41, 5.74) is 5.34. The van der Waals surface area contributed by atoms with Crippen molar-refractivity contribution in [3.63, 3.8) is 0 Å². The van der Waals surface area contributed by atoms with Gasteiger partial charge in [-0.2, -0.15) is 5.10 Å². The maximum Gasteiger partial charge on any atom is 0.137 e. The lowest BCUT2D eigenvalue weighted by atomic mass is 10.4. The van der Waals surface area contributed by atoms with Gasteiger partial charge in [0, 0.05) is 6.54 Å². The average Bonchev–Trinajstić information content (AvgIpc) is 2.57. The van der Waals surface area contributed by atoms with Gasteiger partial charge in [-0.15, -0.1) is 0 Å². The van der Waals surface area contributed by atoms with Crippen LogP contribution in [0.25, 0.3) is 0 Å². The Hall–Kier alpha value is -0.940. The Morgan fingerprint density at radius 3 is 3.00 bits per heavy atom. The Morgan fingerprint density at radius 2 is 2.33 bits per heavy atom. The van der Waals surface area contributed by atoms with E-state index in [-0.39, 0.29) is 0 Å². The van der Waals surface area contributed by atoms with Gasteiger partial charge < -0.3 is 11.1 Å². The van der Waals surface area contributed by atoms with Gasteiger partial charge in [-0.05, 0) is 19.5 Å². The molecule has 0 spiro atoms. The Balaban J connectivity index is 1.96. The Kier molecular flexibility index (Phi) is 4.33. The third-order valence-electron chi connectivity index (χ3n) is 1.54. The highest BCUT2D eigenvalue weighted by Gasteiger charge is 1.89. The molecule has 0 fully saturated rings. The molecule has 0 aliphatic heterocycles. The zero-order valence-electron chi connectivity index (χ0n) is 7.11.